The monoisotopic (exact) mass is 183 g/mol. The summed E-state index contributed by atoms with van der Waals surface area (Å²) in [6, 6.07) is 4.42. The van der Waals surface area contributed by atoms with Crippen molar-refractivity contribution in [1.82, 2.24) is 0 Å². The van der Waals surface area contributed by atoms with Gasteiger partial charge in [-0.2, -0.15) is 0 Å². The van der Waals surface area contributed by atoms with E-state index in [2.05, 4.69) is 5.32 Å². The molecule has 0 saturated heterocycles. The number of nitrogens with one attached hydrogen (secondary N) is 1. The molecule has 0 aliphatic rings. The highest BCUT2D eigenvalue weighted by Crippen LogP contribution is 2.33. The SMILES string of the molecule is COc1c(O)cccc1NC(=O)O. The number of rotatable bonds is 2. The number of hydrogen-bond donors (Lipinski definition) is 3. The van der Waals surface area contributed by atoms with E-state index >= 15 is 0 Å². The van der Waals surface area contributed by atoms with Crippen LogP contribution in [-0.4, -0.2) is 23.4 Å². The molecule has 0 aliphatic carbocycles. The number of amides is 1. The summed E-state index contributed by atoms with van der Waals surface area (Å²) in [7, 11) is 1.35. The van der Waals surface area contributed by atoms with Crippen molar-refractivity contribution < 1.29 is 19.7 Å². The van der Waals surface area contributed by atoms with Gasteiger partial charge in [-0.3, -0.25) is 5.32 Å². The highest BCUT2D eigenvalue weighted by Gasteiger charge is 2.09. The van der Waals surface area contributed by atoms with Gasteiger partial charge in [-0.1, -0.05) is 6.07 Å². The van der Waals surface area contributed by atoms with E-state index in [-0.39, 0.29) is 17.2 Å². The van der Waals surface area contributed by atoms with Crippen LogP contribution >= 0.6 is 0 Å². The van der Waals surface area contributed by atoms with Gasteiger partial charge in [-0.05, 0) is 12.1 Å². The van der Waals surface area contributed by atoms with Gasteiger partial charge < -0.3 is 14.9 Å². The second-order valence-corrected chi connectivity index (χ2v) is 2.29. The predicted molar refractivity (Wildman–Crippen MR) is 46.3 cm³/mol. The Morgan fingerprint density at radius 2 is 2.23 bits per heavy atom. The summed E-state index contributed by atoms with van der Waals surface area (Å²) < 4.78 is 4.80. The first-order chi connectivity index (χ1) is 6.15. The molecule has 5 nitrogen and oxygen atoms in total. The summed E-state index contributed by atoms with van der Waals surface area (Å²) in [4.78, 5) is 10.3. The minimum atomic E-state index is -1.20. The van der Waals surface area contributed by atoms with Gasteiger partial charge >= 0.3 is 6.09 Å². The number of carboxylic acid groups (broad SMARTS) is 1. The van der Waals surface area contributed by atoms with Crippen LogP contribution in [0.4, 0.5) is 10.5 Å². The summed E-state index contributed by atoms with van der Waals surface area (Å²) in [5.41, 5.74) is 0.218. The molecule has 0 heterocycles. The van der Waals surface area contributed by atoms with E-state index in [1.165, 1.54) is 25.3 Å². The number of phenolic OH excluding ortho intramolecular Hbond substituents is 1. The highest BCUT2D eigenvalue weighted by molar-refractivity contribution is 5.86. The number of anilines is 1. The van der Waals surface area contributed by atoms with Crippen molar-refractivity contribution >= 4 is 11.8 Å². The van der Waals surface area contributed by atoms with E-state index in [1.807, 2.05) is 0 Å². The molecule has 0 aliphatic heterocycles. The van der Waals surface area contributed by atoms with Gasteiger partial charge in [-0.15, -0.1) is 0 Å². The van der Waals surface area contributed by atoms with E-state index < -0.39 is 6.09 Å². The van der Waals surface area contributed by atoms with Crippen LogP contribution in [0.3, 0.4) is 0 Å². The van der Waals surface area contributed by atoms with Crippen molar-refractivity contribution in [3.8, 4) is 11.5 Å². The zero-order valence-corrected chi connectivity index (χ0v) is 6.94. The fraction of sp³-hybridized carbons (Fsp3) is 0.125. The zero-order valence-electron chi connectivity index (χ0n) is 6.94. The van der Waals surface area contributed by atoms with Crippen molar-refractivity contribution in [2.75, 3.05) is 12.4 Å². The average molecular weight is 183 g/mol. The lowest BCUT2D eigenvalue weighted by molar-refractivity contribution is 0.209. The smallest absolute Gasteiger partial charge is 0.409 e. The third-order valence-electron chi connectivity index (χ3n) is 1.44. The van der Waals surface area contributed by atoms with Crippen LogP contribution < -0.4 is 10.1 Å². The normalized spacial score (nSPS) is 9.31. The Hall–Kier alpha value is -1.91. The predicted octanol–water partition coefficient (Wildman–Crippen LogP) is 1.49. The number of para-hydroxylation sites is 1. The molecule has 1 aromatic carbocycles. The minimum absolute atomic E-state index is 0.103. The van der Waals surface area contributed by atoms with E-state index in [0.29, 0.717) is 0 Å². The van der Waals surface area contributed by atoms with Crippen LogP contribution in [0, 0.1) is 0 Å². The van der Waals surface area contributed by atoms with E-state index in [9.17, 15) is 9.90 Å². The van der Waals surface area contributed by atoms with Gasteiger partial charge in [0.15, 0.2) is 11.5 Å². The molecule has 0 saturated carbocycles. The van der Waals surface area contributed by atoms with E-state index in [4.69, 9.17) is 9.84 Å². The van der Waals surface area contributed by atoms with Crippen LogP contribution in [0.15, 0.2) is 18.2 Å². The number of ether oxygens (including phenoxy) is 1. The fourth-order valence-electron chi connectivity index (χ4n) is 0.953. The Balaban J connectivity index is 3.05. The maximum absolute atomic E-state index is 10.3. The van der Waals surface area contributed by atoms with Crippen molar-refractivity contribution in [2.45, 2.75) is 0 Å². The summed E-state index contributed by atoms with van der Waals surface area (Å²) in [6.45, 7) is 0. The number of aromatic hydroxyl groups is 1. The molecule has 1 aromatic rings. The van der Waals surface area contributed by atoms with Crippen LogP contribution in [0.5, 0.6) is 11.5 Å². The van der Waals surface area contributed by atoms with Gasteiger partial charge in [0.05, 0.1) is 12.8 Å². The molecule has 13 heavy (non-hydrogen) atoms. The van der Waals surface area contributed by atoms with Crippen molar-refractivity contribution in [1.29, 1.82) is 0 Å². The largest absolute Gasteiger partial charge is 0.504 e. The fourth-order valence-corrected chi connectivity index (χ4v) is 0.953. The summed E-state index contributed by atoms with van der Waals surface area (Å²) >= 11 is 0. The Labute approximate surface area is 74.6 Å². The van der Waals surface area contributed by atoms with Crippen molar-refractivity contribution in [3.05, 3.63) is 18.2 Å². The van der Waals surface area contributed by atoms with Crippen molar-refractivity contribution in [2.24, 2.45) is 0 Å². The van der Waals surface area contributed by atoms with Gasteiger partial charge in [0, 0.05) is 0 Å². The van der Waals surface area contributed by atoms with Crippen molar-refractivity contribution in [3.63, 3.8) is 0 Å². The number of hydrogen-bond acceptors (Lipinski definition) is 3. The second-order valence-electron chi connectivity index (χ2n) is 2.29. The Bertz CT molecular complexity index is 324. The number of benzene rings is 1. The minimum Gasteiger partial charge on any atom is -0.504 e. The molecule has 1 amide bonds. The Morgan fingerprint density at radius 1 is 1.54 bits per heavy atom. The molecule has 0 aromatic heterocycles. The molecule has 3 N–H and O–H groups in total. The van der Waals surface area contributed by atoms with Crippen LogP contribution in [0.1, 0.15) is 0 Å². The number of methoxy groups -OCH3 is 1. The quantitative estimate of drug-likeness (QED) is 0.649. The molecule has 0 atom stereocenters. The number of carbonyl (C=O) groups is 1. The topological polar surface area (TPSA) is 78.8 Å². The number of phenols is 1. The first-order valence-electron chi connectivity index (χ1n) is 3.51. The highest BCUT2D eigenvalue weighted by atomic mass is 16.5. The molecule has 0 bridgehead atoms. The van der Waals surface area contributed by atoms with Gasteiger partial charge in [0.1, 0.15) is 0 Å². The zero-order chi connectivity index (χ0) is 9.84. The summed E-state index contributed by atoms with van der Waals surface area (Å²) in [6.07, 6.45) is -1.20. The second kappa shape index (κ2) is 3.66. The maximum Gasteiger partial charge on any atom is 0.409 e. The molecule has 0 radical (unpaired) electrons. The van der Waals surface area contributed by atoms with Crippen LogP contribution in [-0.2, 0) is 0 Å². The Morgan fingerprint density at radius 3 is 2.77 bits per heavy atom. The lowest BCUT2D eigenvalue weighted by atomic mass is 10.2. The molecule has 5 heteroatoms. The van der Waals surface area contributed by atoms with Gasteiger partial charge in [0.25, 0.3) is 0 Å². The molecule has 0 unspecified atom stereocenters. The molecular formula is C8H9NO4. The van der Waals surface area contributed by atoms with Gasteiger partial charge in [0.2, 0.25) is 0 Å². The summed E-state index contributed by atoms with van der Waals surface area (Å²) in [5.74, 6) is 0.0126. The van der Waals surface area contributed by atoms with Crippen LogP contribution in [0.2, 0.25) is 0 Å². The van der Waals surface area contributed by atoms with E-state index in [0.717, 1.165) is 0 Å². The Kier molecular flexibility index (Phi) is 2.59. The third-order valence-corrected chi connectivity index (χ3v) is 1.44. The molecule has 1 rings (SSSR count). The third kappa shape index (κ3) is 2.02. The van der Waals surface area contributed by atoms with Crippen LogP contribution in [0.25, 0.3) is 0 Å². The molecule has 70 valence electrons. The first kappa shape index (κ1) is 9.18. The standard InChI is InChI=1S/C8H9NO4/c1-13-7-5(9-8(11)12)3-2-4-6(7)10/h2-4,9-10H,1H3,(H,11,12). The van der Waals surface area contributed by atoms with E-state index in [1.54, 1.807) is 0 Å². The lowest BCUT2D eigenvalue weighted by Crippen LogP contribution is -2.08. The molecular weight excluding hydrogens is 174 g/mol. The summed E-state index contributed by atoms with van der Waals surface area (Å²) in [5, 5.41) is 19.8. The first-order valence-corrected chi connectivity index (χ1v) is 3.51. The maximum atomic E-state index is 10.3. The molecule has 0 fully saturated rings. The molecule has 0 spiro atoms. The average Bonchev–Trinajstić information content (AvgIpc) is 2.03. The lowest BCUT2D eigenvalue weighted by Gasteiger charge is -2.08. The van der Waals surface area contributed by atoms with Gasteiger partial charge in [-0.25, -0.2) is 4.79 Å².